The minimum absolute atomic E-state index is 0.123. The molecule has 0 unspecified atom stereocenters. The SMILES string of the molecule is C[C@]12CC[C@H]3[C@@H](CC=C4C[C@](O)(C(F)(F)C(F)(F)F)CC[C@@]43C)[C@@H]1CC[C@@H]2O. The van der Waals surface area contributed by atoms with Crippen molar-refractivity contribution in [3.8, 4) is 0 Å². The molecular weight excluding hydrogens is 379 g/mol. The van der Waals surface area contributed by atoms with Crippen molar-refractivity contribution in [3.63, 3.8) is 0 Å². The minimum atomic E-state index is -5.76. The molecule has 4 aliphatic carbocycles. The lowest BCUT2D eigenvalue weighted by Crippen LogP contribution is -2.61. The summed E-state index contributed by atoms with van der Waals surface area (Å²) >= 11 is 0. The van der Waals surface area contributed by atoms with Gasteiger partial charge in [0, 0.05) is 6.42 Å². The van der Waals surface area contributed by atoms with E-state index >= 15 is 0 Å². The lowest BCUT2D eigenvalue weighted by atomic mass is 9.47. The third-order valence-electron chi connectivity index (χ3n) is 9.06. The van der Waals surface area contributed by atoms with Crippen LogP contribution in [-0.2, 0) is 0 Å². The van der Waals surface area contributed by atoms with Gasteiger partial charge in [-0.3, -0.25) is 0 Å². The van der Waals surface area contributed by atoms with Crippen LogP contribution in [0, 0.1) is 28.6 Å². The summed E-state index contributed by atoms with van der Waals surface area (Å²) in [6.45, 7) is 4.12. The normalized spacial score (nSPS) is 49.1. The summed E-state index contributed by atoms with van der Waals surface area (Å²) in [5.74, 6) is -4.24. The number of alkyl halides is 5. The first-order valence-corrected chi connectivity index (χ1v) is 10.3. The molecule has 0 aromatic rings. The molecular formula is C21H29F5O2. The van der Waals surface area contributed by atoms with Crippen molar-refractivity contribution in [3.05, 3.63) is 11.6 Å². The van der Waals surface area contributed by atoms with E-state index in [-0.39, 0.29) is 23.9 Å². The van der Waals surface area contributed by atoms with Crippen LogP contribution < -0.4 is 0 Å². The van der Waals surface area contributed by atoms with Gasteiger partial charge in [0.05, 0.1) is 6.10 Å². The molecule has 160 valence electrons. The summed E-state index contributed by atoms with van der Waals surface area (Å²) in [7, 11) is 0. The van der Waals surface area contributed by atoms with Crippen molar-refractivity contribution in [2.24, 2.45) is 28.6 Å². The third kappa shape index (κ3) is 2.50. The fraction of sp³-hybridized carbons (Fsp3) is 0.905. The molecule has 0 aromatic carbocycles. The van der Waals surface area contributed by atoms with Gasteiger partial charge in [0.15, 0.2) is 0 Å². The lowest BCUT2D eigenvalue weighted by molar-refractivity contribution is -0.346. The summed E-state index contributed by atoms with van der Waals surface area (Å²) < 4.78 is 66.9. The fourth-order valence-electron chi connectivity index (χ4n) is 7.15. The second-order valence-electron chi connectivity index (χ2n) is 10.2. The minimum Gasteiger partial charge on any atom is -0.393 e. The highest BCUT2D eigenvalue weighted by Gasteiger charge is 2.72. The largest absolute Gasteiger partial charge is 0.456 e. The zero-order valence-corrected chi connectivity index (χ0v) is 16.3. The van der Waals surface area contributed by atoms with E-state index in [1.54, 1.807) is 0 Å². The Bertz CT molecular complexity index is 689. The first-order valence-electron chi connectivity index (χ1n) is 10.3. The summed E-state index contributed by atoms with van der Waals surface area (Å²) in [5.41, 5.74) is -3.09. The highest BCUT2D eigenvalue weighted by atomic mass is 19.4. The smallest absolute Gasteiger partial charge is 0.393 e. The number of aliphatic hydroxyl groups excluding tert-OH is 1. The van der Waals surface area contributed by atoms with Gasteiger partial charge in [-0.05, 0) is 73.5 Å². The van der Waals surface area contributed by atoms with Crippen LogP contribution in [0.3, 0.4) is 0 Å². The molecule has 7 heteroatoms. The first-order chi connectivity index (χ1) is 12.8. The second-order valence-corrected chi connectivity index (χ2v) is 10.2. The average molecular weight is 408 g/mol. The lowest BCUT2D eigenvalue weighted by Gasteiger charge is -2.59. The number of fused-ring (bicyclic) bond motifs is 5. The molecule has 0 spiro atoms. The third-order valence-corrected chi connectivity index (χ3v) is 9.06. The van der Waals surface area contributed by atoms with E-state index in [9.17, 15) is 32.2 Å². The molecule has 0 aliphatic heterocycles. The predicted octanol–water partition coefficient (Wildman–Crippen LogP) is 5.24. The summed E-state index contributed by atoms with van der Waals surface area (Å²) in [4.78, 5) is 0. The highest BCUT2D eigenvalue weighted by molar-refractivity contribution is 5.28. The Morgan fingerprint density at radius 2 is 1.64 bits per heavy atom. The topological polar surface area (TPSA) is 40.5 Å². The van der Waals surface area contributed by atoms with Crippen LogP contribution in [0.25, 0.3) is 0 Å². The summed E-state index contributed by atoms with van der Waals surface area (Å²) in [6, 6.07) is 0. The number of rotatable bonds is 1. The maximum Gasteiger partial charge on any atom is 0.456 e. The van der Waals surface area contributed by atoms with Crippen LogP contribution in [0.15, 0.2) is 11.6 Å². The van der Waals surface area contributed by atoms with Gasteiger partial charge in [0.1, 0.15) is 5.60 Å². The zero-order chi connectivity index (χ0) is 20.8. The Kier molecular flexibility index (Phi) is 4.36. The van der Waals surface area contributed by atoms with E-state index in [2.05, 4.69) is 6.92 Å². The molecule has 2 N–H and O–H groups in total. The summed E-state index contributed by atoms with van der Waals surface area (Å²) in [6.07, 6.45) is -1.26. The van der Waals surface area contributed by atoms with Crippen LogP contribution in [0.5, 0.6) is 0 Å². The monoisotopic (exact) mass is 408 g/mol. The van der Waals surface area contributed by atoms with Gasteiger partial charge in [-0.15, -0.1) is 0 Å². The highest BCUT2D eigenvalue weighted by Crippen LogP contribution is 2.66. The molecule has 7 atom stereocenters. The Balaban J connectivity index is 1.64. The molecule has 4 aliphatic rings. The molecule has 4 rings (SSSR count). The van der Waals surface area contributed by atoms with Crippen LogP contribution in [0.4, 0.5) is 22.0 Å². The van der Waals surface area contributed by atoms with Gasteiger partial charge >= 0.3 is 12.1 Å². The molecule has 0 radical (unpaired) electrons. The van der Waals surface area contributed by atoms with Gasteiger partial charge < -0.3 is 10.2 Å². The van der Waals surface area contributed by atoms with Gasteiger partial charge in [-0.2, -0.15) is 22.0 Å². The molecule has 3 fully saturated rings. The maximum atomic E-state index is 14.1. The predicted molar refractivity (Wildman–Crippen MR) is 93.7 cm³/mol. The van der Waals surface area contributed by atoms with E-state index in [0.29, 0.717) is 23.8 Å². The van der Waals surface area contributed by atoms with Crippen molar-refractivity contribution < 1.29 is 32.2 Å². The van der Waals surface area contributed by atoms with Crippen LogP contribution >= 0.6 is 0 Å². The van der Waals surface area contributed by atoms with Gasteiger partial charge in [0.2, 0.25) is 0 Å². The number of halogens is 5. The molecule has 0 bridgehead atoms. The van der Waals surface area contributed by atoms with Gasteiger partial charge in [-0.25, -0.2) is 0 Å². The zero-order valence-electron chi connectivity index (χ0n) is 16.3. The quantitative estimate of drug-likeness (QED) is 0.460. The molecule has 2 nitrogen and oxygen atoms in total. The van der Waals surface area contributed by atoms with E-state index < -0.39 is 36.0 Å². The molecule has 3 saturated carbocycles. The Morgan fingerprint density at radius 3 is 2.29 bits per heavy atom. The maximum absolute atomic E-state index is 14.1. The number of hydrogen-bond donors (Lipinski definition) is 2. The van der Waals surface area contributed by atoms with E-state index in [1.165, 1.54) is 0 Å². The first kappa shape index (κ1) is 20.6. The Hall–Kier alpha value is -0.690. The number of aliphatic hydroxyl groups is 2. The van der Waals surface area contributed by atoms with Crippen molar-refractivity contribution in [2.45, 2.75) is 89.0 Å². The van der Waals surface area contributed by atoms with Gasteiger partial charge in [0.25, 0.3) is 0 Å². The standard InChI is InChI=1S/C21H29F5O2/c1-17-9-10-19(28,20(22,23)21(24,25)26)11-12(17)3-4-13-14-5-6-16(27)18(14,2)8-7-15(13)17/h3,13-16,27-28H,4-11H2,1-2H3/t13-,14-,15-,16-,17-,18-,19-/m0/s1. The van der Waals surface area contributed by atoms with Crippen LogP contribution in [0.1, 0.15) is 65.2 Å². The van der Waals surface area contributed by atoms with Crippen molar-refractivity contribution >= 4 is 0 Å². The van der Waals surface area contributed by atoms with E-state index in [4.69, 9.17) is 0 Å². The van der Waals surface area contributed by atoms with Crippen LogP contribution in [-0.4, -0.2) is 34.0 Å². The molecule has 0 saturated heterocycles. The number of hydrogen-bond acceptors (Lipinski definition) is 2. The molecule has 0 heterocycles. The van der Waals surface area contributed by atoms with Crippen LogP contribution in [0.2, 0.25) is 0 Å². The Labute approximate surface area is 162 Å². The number of allylic oxidation sites excluding steroid dienone is 1. The van der Waals surface area contributed by atoms with E-state index in [0.717, 1.165) is 25.7 Å². The van der Waals surface area contributed by atoms with Crippen molar-refractivity contribution in [2.75, 3.05) is 0 Å². The summed E-state index contributed by atoms with van der Waals surface area (Å²) in [5, 5.41) is 20.8. The van der Waals surface area contributed by atoms with Crippen molar-refractivity contribution in [1.82, 2.24) is 0 Å². The molecule has 0 aromatic heterocycles. The molecule has 28 heavy (non-hydrogen) atoms. The fourth-order valence-corrected chi connectivity index (χ4v) is 7.15. The van der Waals surface area contributed by atoms with E-state index in [1.807, 2.05) is 13.0 Å². The second kappa shape index (κ2) is 5.93. The Morgan fingerprint density at radius 1 is 0.964 bits per heavy atom. The van der Waals surface area contributed by atoms with Gasteiger partial charge in [-0.1, -0.05) is 25.5 Å². The van der Waals surface area contributed by atoms with Crippen molar-refractivity contribution in [1.29, 1.82) is 0 Å². The average Bonchev–Trinajstić information content (AvgIpc) is 2.90. The molecule has 0 amide bonds.